The molecule has 7 aromatic rings. The van der Waals surface area contributed by atoms with Crippen LogP contribution in [-0.2, 0) is 76.7 Å². The Bertz CT molecular complexity index is 5040. The predicted molar refractivity (Wildman–Crippen MR) is 449 cm³/mol. The summed E-state index contributed by atoms with van der Waals surface area (Å²) in [5.41, 5.74) is 9.65. The minimum absolute atomic E-state index is 0.0628. The van der Waals surface area contributed by atoms with Crippen molar-refractivity contribution in [2.24, 2.45) is 0 Å². The summed E-state index contributed by atoms with van der Waals surface area (Å²) in [4.78, 5) is 220. The van der Waals surface area contributed by atoms with E-state index in [1.807, 2.05) is 97.1 Å². The molecule has 124 heavy (non-hydrogen) atoms. The number of amides is 16. The third kappa shape index (κ3) is 22.5. The molecule has 36 nitrogen and oxygen atoms in total. The highest BCUT2D eigenvalue weighted by Gasteiger charge is 2.29. The summed E-state index contributed by atoms with van der Waals surface area (Å²) >= 11 is 0. The fourth-order valence-corrected chi connectivity index (χ4v) is 13.5. The van der Waals surface area contributed by atoms with Gasteiger partial charge >= 0.3 is 0 Å². The summed E-state index contributed by atoms with van der Waals surface area (Å²) in [6.07, 6.45) is 16.1. The number of hydrogen-bond acceptors (Lipinski definition) is 22. The number of carbonyl (C=O) groups is 16. The van der Waals surface area contributed by atoms with Crippen LogP contribution >= 0.6 is 0 Å². The van der Waals surface area contributed by atoms with Gasteiger partial charge in [0, 0.05) is 197 Å². The van der Waals surface area contributed by atoms with Crippen LogP contribution in [0.5, 0.6) is 23.0 Å². The summed E-state index contributed by atoms with van der Waals surface area (Å²) in [7, 11) is 0. The molecule has 9 heterocycles. The number of imide groups is 4. The van der Waals surface area contributed by atoms with Crippen molar-refractivity contribution in [1.82, 2.24) is 82.1 Å². The molecule has 0 saturated heterocycles. The highest BCUT2D eigenvalue weighted by molar-refractivity contribution is 6.15. The van der Waals surface area contributed by atoms with Gasteiger partial charge < -0.3 is 71.4 Å². The summed E-state index contributed by atoms with van der Waals surface area (Å²) in [5, 5.41) is 21.5. The number of benzene rings is 4. The fourth-order valence-electron chi connectivity index (χ4n) is 13.5. The average molecular weight is 1680 g/mol. The van der Waals surface area contributed by atoms with Gasteiger partial charge in [-0.3, -0.25) is 96.3 Å². The number of hydrogen-bond donors (Lipinski definition) is 10. The number of carbonyl (C=O) groups excluding carboxylic acids is 16. The molecule has 0 unspecified atom stereocenters. The van der Waals surface area contributed by atoms with Crippen molar-refractivity contribution in [3.8, 4) is 67.5 Å². The molecule has 10 N–H and O–H groups in total. The molecule has 0 aliphatic carbocycles. The number of rotatable bonds is 40. The molecule has 0 atom stereocenters. The van der Waals surface area contributed by atoms with Crippen molar-refractivity contribution >= 4 is 141 Å². The van der Waals surface area contributed by atoms with Crippen LogP contribution < -0.4 is 61.5 Å². The Balaban J connectivity index is 0.784. The van der Waals surface area contributed by atoms with E-state index in [9.17, 15) is 76.7 Å². The second-order valence-electron chi connectivity index (χ2n) is 28.2. The van der Waals surface area contributed by atoms with Gasteiger partial charge in [0.05, 0.1) is 22.8 Å². The van der Waals surface area contributed by atoms with E-state index >= 15 is 0 Å². The zero-order chi connectivity index (χ0) is 87.2. The molecule has 8 bridgehead atoms. The minimum Gasteiger partial charge on any atom is -0.484 e. The fraction of sp³-hybridized carbons (Fsp3) is 0.227. The molecule has 634 valence electrons. The highest BCUT2D eigenvalue weighted by Crippen LogP contribution is 2.40. The quantitative estimate of drug-likeness (QED) is 0.0195. The zero-order valence-corrected chi connectivity index (χ0v) is 66.5. The molecule has 16 amide bonds. The molecule has 13 rings (SSSR count). The van der Waals surface area contributed by atoms with Crippen LogP contribution in [0.4, 0.5) is 0 Å². The number of aromatic amines is 2. The van der Waals surface area contributed by atoms with Crippen molar-refractivity contribution < 1.29 is 95.7 Å². The lowest BCUT2D eigenvalue weighted by Crippen LogP contribution is -2.38. The van der Waals surface area contributed by atoms with Crippen LogP contribution in [0.3, 0.4) is 0 Å². The molecular weight excluding hydrogens is 1600 g/mol. The van der Waals surface area contributed by atoms with E-state index in [-0.39, 0.29) is 131 Å². The summed E-state index contributed by atoms with van der Waals surface area (Å²) in [5.74, 6) is -6.18. The average Bonchev–Trinajstić information content (AvgIpc) is 1.61. The molecule has 4 aromatic carbocycles. The van der Waals surface area contributed by atoms with E-state index in [0.29, 0.717) is 112 Å². The Morgan fingerprint density at radius 1 is 0.242 bits per heavy atom. The summed E-state index contributed by atoms with van der Waals surface area (Å²) in [6.45, 7) is -1.33. The number of fused-ring (bicyclic) bond motifs is 8. The summed E-state index contributed by atoms with van der Waals surface area (Å²) in [6, 6.07) is 35.8. The van der Waals surface area contributed by atoms with E-state index in [0.717, 1.165) is 68.2 Å². The van der Waals surface area contributed by atoms with E-state index in [4.69, 9.17) is 28.9 Å². The van der Waals surface area contributed by atoms with Crippen LogP contribution in [0, 0.1) is 0 Å². The second kappa shape index (κ2) is 40.6. The smallest absolute Gasteiger partial charge is 0.258 e. The van der Waals surface area contributed by atoms with Crippen LogP contribution in [0.25, 0.3) is 90.9 Å². The molecule has 6 aliphatic heterocycles. The first-order valence-electron chi connectivity index (χ1n) is 39.4. The van der Waals surface area contributed by atoms with E-state index < -0.39 is 94.5 Å². The first-order valence-corrected chi connectivity index (χ1v) is 39.4. The van der Waals surface area contributed by atoms with Gasteiger partial charge in [0.15, 0.2) is 26.4 Å². The van der Waals surface area contributed by atoms with Crippen molar-refractivity contribution in [1.29, 1.82) is 0 Å². The normalized spacial score (nSPS) is 13.6. The number of aromatic nitrogens is 4. The lowest BCUT2D eigenvalue weighted by Gasteiger charge is -2.13. The maximum atomic E-state index is 13.1. The second-order valence-corrected chi connectivity index (χ2v) is 28.2. The van der Waals surface area contributed by atoms with Gasteiger partial charge in [-0.2, -0.15) is 0 Å². The molecular formula is C88H82N16O20. The van der Waals surface area contributed by atoms with Gasteiger partial charge in [0.1, 0.15) is 23.0 Å². The molecule has 0 radical (unpaired) electrons. The van der Waals surface area contributed by atoms with E-state index in [1.165, 1.54) is 0 Å². The molecule has 0 fully saturated rings. The van der Waals surface area contributed by atoms with Crippen LogP contribution in [0.2, 0.25) is 0 Å². The molecule has 0 saturated carbocycles. The molecule has 3 aromatic heterocycles. The van der Waals surface area contributed by atoms with Crippen LogP contribution in [-0.4, -0.2) is 239 Å². The van der Waals surface area contributed by atoms with Gasteiger partial charge in [0.2, 0.25) is 23.6 Å². The standard InChI is InChI=1S/C88H82N16O20/c105-69(33-45-101-77(113)25-26-78(101)114)89-37-41-93-73(109)49-121-57-9-1-53(2-10-57)85-61-17-19-63(97-61)86(54-3-11-58(12-4-54)122-50-74(110)94-42-38-90-70(106)34-46-102-79(115)27-28-80(102)116)65-21-23-67(99-65)88(56-7-15-60(16-8-56)124-52-76(112)96-44-40-92-72(108)36-48-104-83(119)31-32-84(104)120)68-24-22-66(100-68)87(64-20-18-62(85)98-64)55-5-13-59(14-6-55)123-51-75(111)95-43-39-91-71(107)35-47-103-81(117)29-30-82(103)118/h1-32,97,100H,33-52H2,(H,89,105)(H,90,106)(H,91,107)(H,92,108)(H,93,109)(H,94,110)(H,95,111)(H,96,112). The number of ether oxygens (including phenoxy) is 4. The Labute approximate surface area is 706 Å². The van der Waals surface area contributed by atoms with Gasteiger partial charge in [-0.25, -0.2) is 9.97 Å². The number of nitrogens with one attached hydrogen (secondary N) is 10. The first kappa shape index (κ1) is 85.8. The van der Waals surface area contributed by atoms with Crippen molar-refractivity contribution in [3.05, 3.63) is 193 Å². The largest absolute Gasteiger partial charge is 0.484 e. The Morgan fingerprint density at radius 2 is 0.419 bits per heavy atom. The van der Waals surface area contributed by atoms with Crippen molar-refractivity contribution in [3.63, 3.8) is 0 Å². The zero-order valence-electron chi connectivity index (χ0n) is 66.5. The predicted octanol–water partition coefficient (Wildman–Crippen LogP) is 3.03. The maximum Gasteiger partial charge on any atom is 0.258 e. The van der Waals surface area contributed by atoms with Crippen molar-refractivity contribution in [2.45, 2.75) is 25.7 Å². The Morgan fingerprint density at radius 3 is 0.605 bits per heavy atom. The lowest BCUT2D eigenvalue weighted by atomic mass is 10.0. The van der Waals surface area contributed by atoms with E-state index in [2.05, 4.69) is 52.5 Å². The highest BCUT2D eigenvalue weighted by atomic mass is 16.5. The molecule has 0 spiro atoms. The van der Waals surface area contributed by atoms with E-state index in [1.54, 1.807) is 48.5 Å². The topological polar surface area (TPSA) is 477 Å². The van der Waals surface area contributed by atoms with Gasteiger partial charge in [-0.1, -0.05) is 48.5 Å². The van der Waals surface area contributed by atoms with Crippen LogP contribution in [0.1, 0.15) is 48.5 Å². The first-order chi connectivity index (χ1) is 60.0. The third-order valence-corrected chi connectivity index (χ3v) is 19.7. The SMILES string of the molecule is O=C(CCN1C(=O)C=CC1=O)NCCNC(=O)COc1ccc(-c2c3nc(c(-c4ccc(OCC(=O)NCCNC(=O)CCN5C(=O)C=CC5=O)cc4)c4ccc([nH]4)c(-c4ccc(OCC(=O)NCCNC(=O)CCN5C(=O)C=CC5=O)cc4)c4nc(c(-c5ccc(OCC(=O)NCCNC(=O)CCN6C(=O)C=CC6=O)cc5)c5ccc2[nH]5)C=C4)C=C3)cc1. The molecule has 36 heteroatoms. The van der Waals surface area contributed by atoms with Crippen molar-refractivity contribution in [2.75, 3.05) is 105 Å². The minimum atomic E-state index is -0.498. The third-order valence-electron chi connectivity index (χ3n) is 19.7. The van der Waals surface area contributed by atoms with Gasteiger partial charge in [0.25, 0.3) is 70.9 Å². The Hall–Kier alpha value is -16.0. The Kier molecular flexibility index (Phi) is 28.1. The van der Waals surface area contributed by atoms with Gasteiger partial charge in [-0.05, 0) is 119 Å². The lowest BCUT2D eigenvalue weighted by molar-refractivity contribution is -0.139. The number of nitrogens with zero attached hydrogens (tertiary/aromatic N) is 6. The molecule has 6 aliphatic rings. The maximum absolute atomic E-state index is 13.1. The van der Waals surface area contributed by atoms with Gasteiger partial charge in [-0.15, -0.1) is 0 Å². The summed E-state index contributed by atoms with van der Waals surface area (Å²) < 4.78 is 23.8. The number of H-pyrrole nitrogens is 2. The monoisotopic (exact) mass is 1680 g/mol. The van der Waals surface area contributed by atoms with Crippen LogP contribution in [0.15, 0.2) is 170 Å².